The van der Waals surface area contributed by atoms with E-state index in [9.17, 15) is 9.90 Å². The van der Waals surface area contributed by atoms with Crippen molar-refractivity contribution in [2.24, 2.45) is 0 Å². The maximum absolute atomic E-state index is 12.9. The van der Waals surface area contributed by atoms with E-state index in [1.807, 2.05) is 30.3 Å². The zero-order valence-corrected chi connectivity index (χ0v) is 15.6. The van der Waals surface area contributed by atoms with E-state index >= 15 is 0 Å². The smallest absolute Gasteiger partial charge is 0.289 e. The van der Waals surface area contributed by atoms with Gasteiger partial charge in [0.25, 0.3) is 5.91 Å². The van der Waals surface area contributed by atoms with Gasteiger partial charge in [-0.3, -0.25) is 4.79 Å². The minimum Gasteiger partial charge on any atom is -0.486 e. The molecular weight excluding hydrogens is 366 g/mol. The molecule has 0 saturated carbocycles. The molecule has 27 heavy (non-hydrogen) atoms. The molecule has 140 valence electrons. The highest BCUT2D eigenvalue weighted by atomic mass is 35.5. The number of carbonyl (C=O) groups is 1. The van der Waals surface area contributed by atoms with Crippen LogP contribution in [0.2, 0.25) is 5.02 Å². The third-order valence-electron chi connectivity index (χ3n) is 4.97. The van der Waals surface area contributed by atoms with E-state index in [1.165, 1.54) is 0 Å². The minimum absolute atomic E-state index is 0.223. The summed E-state index contributed by atoms with van der Waals surface area (Å²) in [5.41, 5.74) is -0.405. The molecule has 1 aliphatic heterocycles. The number of rotatable bonds is 3. The van der Waals surface area contributed by atoms with E-state index in [2.05, 4.69) is 0 Å². The fraction of sp³-hybridized carbons (Fsp3) is 0.286. The van der Waals surface area contributed by atoms with Crippen molar-refractivity contribution >= 4 is 28.5 Å². The van der Waals surface area contributed by atoms with Crippen LogP contribution in [0.1, 0.15) is 23.9 Å². The van der Waals surface area contributed by atoms with Gasteiger partial charge in [-0.15, -0.1) is 0 Å². The van der Waals surface area contributed by atoms with Crippen molar-refractivity contribution in [1.82, 2.24) is 4.90 Å². The van der Waals surface area contributed by atoms with Gasteiger partial charge in [-0.05, 0) is 49.7 Å². The van der Waals surface area contributed by atoms with Gasteiger partial charge in [0, 0.05) is 17.0 Å². The molecule has 3 aromatic rings. The molecule has 5 nitrogen and oxygen atoms in total. The number of carbonyl (C=O) groups excluding carboxylic acids is 1. The number of ether oxygens (including phenoxy) is 1. The maximum atomic E-state index is 12.9. The fourth-order valence-corrected chi connectivity index (χ4v) is 3.48. The molecule has 2 aromatic carbocycles. The van der Waals surface area contributed by atoms with Crippen molar-refractivity contribution in [3.63, 3.8) is 0 Å². The Balaban J connectivity index is 1.55. The number of furan rings is 1. The molecule has 1 amide bonds. The quantitative estimate of drug-likeness (QED) is 0.736. The van der Waals surface area contributed by atoms with Crippen LogP contribution in [0.15, 0.2) is 59.0 Å². The average molecular weight is 386 g/mol. The molecule has 0 unspecified atom stereocenters. The van der Waals surface area contributed by atoms with Gasteiger partial charge >= 0.3 is 0 Å². The average Bonchev–Trinajstić information content (AvgIpc) is 3.07. The summed E-state index contributed by atoms with van der Waals surface area (Å²) in [5.74, 6) is 0.696. The highest BCUT2D eigenvalue weighted by molar-refractivity contribution is 6.31. The summed E-state index contributed by atoms with van der Waals surface area (Å²) in [5, 5.41) is 12.1. The molecule has 6 heteroatoms. The van der Waals surface area contributed by atoms with E-state index in [0.717, 1.165) is 5.39 Å². The van der Waals surface area contributed by atoms with Gasteiger partial charge in [0.1, 0.15) is 23.0 Å². The normalized spacial score (nSPS) is 22.8. The summed E-state index contributed by atoms with van der Waals surface area (Å²) in [4.78, 5) is 14.6. The summed E-state index contributed by atoms with van der Waals surface area (Å²) in [6.07, 6.45) is -0.112. The van der Waals surface area contributed by atoms with Gasteiger partial charge < -0.3 is 19.2 Å². The number of fused-ring (bicyclic) bond motifs is 1. The van der Waals surface area contributed by atoms with Crippen LogP contribution < -0.4 is 4.74 Å². The van der Waals surface area contributed by atoms with Crippen LogP contribution in [0.25, 0.3) is 11.0 Å². The van der Waals surface area contributed by atoms with Crippen molar-refractivity contribution in [2.75, 3.05) is 13.1 Å². The minimum atomic E-state index is -1.02. The van der Waals surface area contributed by atoms with Crippen molar-refractivity contribution in [3.8, 4) is 5.75 Å². The molecule has 0 spiro atoms. The Hall–Kier alpha value is -2.50. The number of para-hydroxylation sites is 1. The summed E-state index contributed by atoms with van der Waals surface area (Å²) >= 11 is 6.00. The molecule has 4 rings (SSSR count). The zero-order chi connectivity index (χ0) is 19.0. The third-order valence-corrected chi connectivity index (χ3v) is 5.20. The van der Waals surface area contributed by atoms with Crippen LogP contribution in [0.5, 0.6) is 5.75 Å². The number of hydrogen-bond acceptors (Lipinski definition) is 4. The van der Waals surface area contributed by atoms with Gasteiger partial charge in [-0.25, -0.2) is 0 Å². The Kier molecular flexibility index (Phi) is 4.58. The summed E-state index contributed by atoms with van der Waals surface area (Å²) in [6.45, 7) is 2.45. The largest absolute Gasteiger partial charge is 0.486 e. The van der Waals surface area contributed by atoms with Crippen LogP contribution in [-0.4, -0.2) is 40.7 Å². The van der Waals surface area contributed by atoms with Crippen LogP contribution in [0.4, 0.5) is 0 Å². The Morgan fingerprint density at radius 3 is 2.81 bits per heavy atom. The molecule has 2 atom stereocenters. The summed E-state index contributed by atoms with van der Waals surface area (Å²) in [6, 6.07) is 16.2. The number of benzene rings is 2. The monoisotopic (exact) mass is 385 g/mol. The number of likely N-dealkylation sites (tertiary alicyclic amines) is 1. The number of amides is 1. The second-order valence-electron chi connectivity index (χ2n) is 7.07. The second-order valence-corrected chi connectivity index (χ2v) is 7.51. The predicted molar refractivity (Wildman–Crippen MR) is 103 cm³/mol. The Bertz CT molecular complexity index is 967. The van der Waals surface area contributed by atoms with E-state index in [4.69, 9.17) is 20.8 Å². The highest BCUT2D eigenvalue weighted by Crippen LogP contribution is 2.29. The van der Waals surface area contributed by atoms with Gasteiger partial charge in [0.2, 0.25) is 0 Å². The number of nitrogens with zero attached hydrogens (tertiary/aromatic N) is 1. The number of hydrogen-bond donors (Lipinski definition) is 1. The van der Waals surface area contributed by atoms with E-state index < -0.39 is 11.7 Å². The van der Waals surface area contributed by atoms with Gasteiger partial charge in [0.05, 0.1) is 6.54 Å². The van der Waals surface area contributed by atoms with Crippen LogP contribution in [0.3, 0.4) is 0 Å². The molecule has 0 radical (unpaired) electrons. The molecule has 0 aliphatic carbocycles. The van der Waals surface area contributed by atoms with Crippen molar-refractivity contribution < 1.29 is 19.1 Å². The van der Waals surface area contributed by atoms with Gasteiger partial charge in [-0.2, -0.15) is 0 Å². The van der Waals surface area contributed by atoms with Gasteiger partial charge in [-0.1, -0.05) is 29.8 Å². The highest BCUT2D eigenvalue weighted by Gasteiger charge is 2.41. The Labute approximate surface area is 162 Å². The zero-order valence-electron chi connectivity index (χ0n) is 14.9. The molecule has 1 aromatic heterocycles. The first-order chi connectivity index (χ1) is 12.9. The lowest BCUT2D eigenvalue weighted by Gasteiger charge is -2.42. The van der Waals surface area contributed by atoms with Crippen molar-refractivity contribution in [2.45, 2.75) is 25.0 Å². The van der Waals surface area contributed by atoms with E-state index in [-0.39, 0.29) is 18.2 Å². The Morgan fingerprint density at radius 2 is 2.04 bits per heavy atom. The standard InChI is InChI=1S/C21H20ClNO4/c1-21(25)9-10-23(13-19(21)26-16-5-3-2-4-6-16)20(24)18-12-14-11-15(22)7-8-17(14)27-18/h2-8,11-12,19,25H,9-10,13H2,1H3/t19-,21-/m0/s1. The lowest BCUT2D eigenvalue weighted by atomic mass is 9.90. The first kappa shape index (κ1) is 17.9. The fourth-order valence-electron chi connectivity index (χ4n) is 3.30. The summed E-state index contributed by atoms with van der Waals surface area (Å²) < 4.78 is 11.7. The number of piperidine rings is 1. The molecule has 1 aliphatic rings. The lowest BCUT2D eigenvalue weighted by molar-refractivity contribution is -0.0884. The van der Waals surface area contributed by atoms with Crippen molar-refractivity contribution in [1.29, 1.82) is 0 Å². The van der Waals surface area contributed by atoms with Crippen LogP contribution in [0, 0.1) is 0 Å². The topological polar surface area (TPSA) is 62.9 Å². The molecule has 1 N–H and O–H groups in total. The SMILES string of the molecule is C[C@]1(O)CCN(C(=O)c2cc3cc(Cl)ccc3o2)C[C@@H]1Oc1ccccc1. The van der Waals surface area contributed by atoms with E-state index in [0.29, 0.717) is 29.3 Å². The van der Waals surface area contributed by atoms with Gasteiger partial charge in [0.15, 0.2) is 5.76 Å². The molecule has 0 bridgehead atoms. The number of halogens is 1. The lowest BCUT2D eigenvalue weighted by Crippen LogP contribution is -2.57. The van der Waals surface area contributed by atoms with Crippen molar-refractivity contribution in [3.05, 3.63) is 65.4 Å². The number of aliphatic hydroxyl groups is 1. The second kappa shape index (κ2) is 6.91. The van der Waals surface area contributed by atoms with Crippen LogP contribution >= 0.6 is 11.6 Å². The molecule has 1 saturated heterocycles. The molecule has 2 heterocycles. The van der Waals surface area contributed by atoms with E-state index in [1.54, 1.807) is 36.1 Å². The summed E-state index contributed by atoms with van der Waals surface area (Å²) in [7, 11) is 0. The third kappa shape index (κ3) is 3.66. The van der Waals surface area contributed by atoms with Crippen LogP contribution in [-0.2, 0) is 0 Å². The Morgan fingerprint density at radius 1 is 1.26 bits per heavy atom. The predicted octanol–water partition coefficient (Wildman–Crippen LogP) is 4.13. The first-order valence-electron chi connectivity index (χ1n) is 8.85. The molecular formula is C21H20ClNO4. The maximum Gasteiger partial charge on any atom is 0.289 e. The molecule has 1 fully saturated rings. The first-order valence-corrected chi connectivity index (χ1v) is 9.23.